The Kier molecular flexibility index (Phi) is 2.87. The molecule has 0 bridgehead atoms. The number of hydrogen-bond donors (Lipinski definition) is 3. The quantitative estimate of drug-likeness (QED) is 0.678. The van der Waals surface area contributed by atoms with Crippen LogP contribution in [-0.4, -0.2) is 27.1 Å². The van der Waals surface area contributed by atoms with E-state index < -0.39 is 0 Å². The zero-order chi connectivity index (χ0) is 13.4. The fourth-order valence-corrected chi connectivity index (χ4v) is 2.21. The third-order valence-corrected chi connectivity index (χ3v) is 3.31. The van der Waals surface area contributed by atoms with Crippen LogP contribution < -0.4 is 5.32 Å². The highest BCUT2D eigenvalue weighted by Gasteiger charge is 2.10. The Morgan fingerprint density at radius 1 is 1.21 bits per heavy atom. The normalized spacial score (nSPS) is 10.8. The molecular formula is C13H11BrN4O. The van der Waals surface area contributed by atoms with Gasteiger partial charge in [-0.3, -0.25) is 0 Å². The van der Waals surface area contributed by atoms with Crippen molar-refractivity contribution in [3.8, 4) is 17.1 Å². The Labute approximate surface area is 117 Å². The molecule has 1 aromatic carbocycles. The number of fused-ring (bicyclic) bond motifs is 1. The number of imidazole rings is 1. The van der Waals surface area contributed by atoms with Gasteiger partial charge in [0.25, 0.3) is 0 Å². The van der Waals surface area contributed by atoms with E-state index in [9.17, 15) is 5.11 Å². The molecule has 2 heterocycles. The lowest BCUT2D eigenvalue weighted by Gasteiger charge is -2.00. The van der Waals surface area contributed by atoms with Gasteiger partial charge in [-0.25, -0.2) is 9.97 Å². The molecule has 3 N–H and O–H groups in total. The highest BCUT2D eigenvalue weighted by Crippen LogP contribution is 2.30. The molecule has 0 atom stereocenters. The number of benzene rings is 1. The monoisotopic (exact) mass is 318 g/mol. The molecule has 0 aliphatic heterocycles. The summed E-state index contributed by atoms with van der Waals surface area (Å²) in [5.74, 6) is 1.52. The van der Waals surface area contributed by atoms with E-state index in [-0.39, 0.29) is 5.75 Å². The SMILES string of the molecule is CNc1ccc2[nH]c(-c3ccc(Br)cc3O)nc2n1. The highest BCUT2D eigenvalue weighted by molar-refractivity contribution is 9.10. The number of anilines is 1. The van der Waals surface area contributed by atoms with Gasteiger partial charge in [-0.15, -0.1) is 0 Å². The van der Waals surface area contributed by atoms with Crippen LogP contribution in [0, 0.1) is 0 Å². The summed E-state index contributed by atoms with van der Waals surface area (Å²) < 4.78 is 0.820. The van der Waals surface area contributed by atoms with Crippen molar-refractivity contribution in [1.82, 2.24) is 15.0 Å². The van der Waals surface area contributed by atoms with Crippen molar-refractivity contribution in [1.29, 1.82) is 0 Å². The summed E-state index contributed by atoms with van der Waals surface area (Å²) in [5, 5.41) is 12.9. The molecule has 5 nitrogen and oxygen atoms in total. The number of aromatic amines is 1. The molecule has 19 heavy (non-hydrogen) atoms. The van der Waals surface area contributed by atoms with Crippen molar-refractivity contribution in [2.45, 2.75) is 0 Å². The molecule has 3 aromatic rings. The van der Waals surface area contributed by atoms with Gasteiger partial charge in [-0.2, -0.15) is 0 Å². The van der Waals surface area contributed by atoms with Gasteiger partial charge >= 0.3 is 0 Å². The zero-order valence-electron chi connectivity index (χ0n) is 10.1. The number of nitrogens with one attached hydrogen (secondary N) is 2. The first-order valence-corrected chi connectivity index (χ1v) is 6.50. The van der Waals surface area contributed by atoms with Crippen LogP contribution in [0.1, 0.15) is 0 Å². The van der Waals surface area contributed by atoms with Crippen molar-refractivity contribution in [3.05, 3.63) is 34.8 Å². The largest absolute Gasteiger partial charge is 0.507 e. The number of H-pyrrole nitrogens is 1. The molecule has 0 amide bonds. The predicted molar refractivity (Wildman–Crippen MR) is 78.2 cm³/mol. The summed E-state index contributed by atoms with van der Waals surface area (Å²) in [6, 6.07) is 9.06. The van der Waals surface area contributed by atoms with Gasteiger partial charge < -0.3 is 15.4 Å². The van der Waals surface area contributed by atoms with E-state index in [0.717, 1.165) is 15.8 Å². The molecule has 0 fully saturated rings. The van der Waals surface area contributed by atoms with Gasteiger partial charge in [0, 0.05) is 11.5 Å². The van der Waals surface area contributed by atoms with E-state index in [0.29, 0.717) is 17.0 Å². The van der Waals surface area contributed by atoms with Gasteiger partial charge in [0.2, 0.25) is 0 Å². The van der Waals surface area contributed by atoms with Gasteiger partial charge in [-0.1, -0.05) is 15.9 Å². The number of phenolic OH excluding ortho intramolecular Hbond substituents is 1. The van der Waals surface area contributed by atoms with Crippen molar-refractivity contribution < 1.29 is 5.11 Å². The molecule has 0 aliphatic rings. The standard InChI is InChI=1S/C13H11BrN4O/c1-15-11-5-4-9-13(17-11)18-12(16-9)8-3-2-7(14)6-10(8)19/h2-6,19H,1H3,(H2,15,16,17,18). The topological polar surface area (TPSA) is 73.8 Å². The minimum absolute atomic E-state index is 0.169. The first-order valence-electron chi connectivity index (χ1n) is 5.71. The first kappa shape index (κ1) is 12.0. The summed E-state index contributed by atoms with van der Waals surface area (Å²) in [5.41, 5.74) is 2.09. The van der Waals surface area contributed by atoms with Crippen molar-refractivity contribution in [2.24, 2.45) is 0 Å². The smallest absolute Gasteiger partial charge is 0.180 e. The second-order valence-corrected chi connectivity index (χ2v) is 4.98. The minimum atomic E-state index is 0.169. The fourth-order valence-electron chi connectivity index (χ4n) is 1.86. The van der Waals surface area contributed by atoms with E-state index in [1.165, 1.54) is 0 Å². The number of aromatic hydroxyl groups is 1. The Bertz CT molecular complexity index is 753. The van der Waals surface area contributed by atoms with Crippen LogP contribution in [-0.2, 0) is 0 Å². The Balaban J connectivity index is 2.14. The van der Waals surface area contributed by atoms with Crippen molar-refractivity contribution >= 4 is 32.9 Å². The number of pyridine rings is 1. The number of phenols is 1. The number of aromatic nitrogens is 3. The highest BCUT2D eigenvalue weighted by atomic mass is 79.9. The average molecular weight is 319 g/mol. The lowest BCUT2D eigenvalue weighted by molar-refractivity contribution is 0.476. The molecule has 2 aromatic heterocycles. The summed E-state index contributed by atoms with van der Waals surface area (Å²) in [6.45, 7) is 0. The maximum Gasteiger partial charge on any atom is 0.180 e. The summed E-state index contributed by atoms with van der Waals surface area (Å²) in [4.78, 5) is 11.9. The second kappa shape index (κ2) is 4.55. The second-order valence-electron chi connectivity index (χ2n) is 4.06. The molecule has 0 unspecified atom stereocenters. The number of rotatable bonds is 2. The number of nitrogens with zero attached hydrogens (tertiary/aromatic N) is 2. The molecule has 0 spiro atoms. The lowest BCUT2D eigenvalue weighted by Crippen LogP contribution is -1.91. The van der Waals surface area contributed by atoms with E-state index in [1.54, 1.807) is 12.1 Å². The van der Waals surface area contributed by atoms with Crippen LogP contribution in [0.25, 0.3) is 22.6 Å². The van der Waals surface area contributed by atoms with E-state index >= 15 is 0 Å². The summed E-state index contributed by atoms with van der Waals surface area (Å²) in [6.07, 6.45) is 0. The Hall–Kier alpha value is -2.08. The number of halogens is 1. The predicted octanol–water partition coefficient (Wildman–Crippen LogP) is 3.13. The fraction of sp³-hybridized carbons (Fsp3) is 0.0769. The van der Waals surface area contributed by atoms with Crippen LogP contribution in [0.3, 0.4) is 0 Å². The summed E-state index contributed by atoms with van der Waals surface area (Å²) >= 11 is 3.31. The zero-order valence-corrected chi connectivity index (χ0v) is 11.7. The lowest BCUT2D eigenvalue weighted by atomic mass is 10.2. The van der Waals surface area contributed by atoms with Gasteiger partial charge in [0.1, 0.15) is 17.4 Å². The van der Waals surface area contributed by atoms with E-state index in [4.69, 9.17) is 0 Å². The van der Waals surface area contributed by atoms with Crippen LogP contribution in [0.4, 0.5) is 5.82 Å². The third kappa shape index (κ3) is 2.15. The molecule has 96 valence electrons. The van der Waals surface area contributed by atoms with Crippen LogP contribution in [0.2, 0.25) is 0 Å². The van der Waals surface area contributed by atoms with Gasteiger partial charge in [0.05, 0.1) is 11.1 Å². The molecule has 0 saturated heterocycles. The molecule has 0 saturated carbocycles. The molecule has 0 radical (unpaired) electrons. The van der Waals surface area contributed by atoms with E-state index in [2.05, 4.69) is 36.2 Å². The maximum atomic E-state index is 9.95. The molecule has 3 rings (SSSR count). The van der Waals surface area contributed by atoms with Crippen LogP contribution in [0.15, 0.2) is 34.8 Å². The Morgan fingerprint density at radius 2 is 2.05 bits per heavy atom. The molecular weight excluding hydrogens is 308 g/mol. The first-order chi connectivity index (χ1) is 9.17. The Morgan fingerprint density at radius 3 is 2.79 bits per heavy atom. The van der Waals surface area contributed by atoms with Crippen LogP contribution >= 0.6 is 15.9 Å². The van der Waals surface area contributed by atoms with Gasteiger partial charge in [0.15, 0.2) is 5.65 Å². The van der Waals surface area contributed by atoms with Crippen LogP contribution in [0.5, 0.6) is 5.75 Å². The molecule has 6 heteroatoms. The summed E-state index contributed by atoms with van der Waals surface area (Å²) in [7, 11) is 1.81. The molecule has 0 aliphatic carbocycles. The van der Waals surface area contributed by atoms with Crippen molar-refractivity contribution in [2.75, 3.05) is 12.4 Å². The average Bonchev–Trinajstić information content (AvgIpc) is 2.80. The van der Waals surface area contributed by atoms with E-state index in [1.807, 2.05) is 25.2 Å². The number of hydrogen-bond acceptors (Lipinski definition) is 4. The maximum absolute atomic E-state index is 9.95. The van der Waals surface area contributed by atoms with Gasteiger partial charge in [-0.05, 0) is 30.3 Å². The minimum Gasteiger partial charge on any atom is -0.507 e. The van der Waals surface area contributed by atoms with Crippen molar-refractivity contribution in [3.63, 3.8) is 0 Å². The third-order valence-electron chi connectivity index (χ3n) is 2.82.